The van der Waals surface area contributed by atoms with E-state index >= 15 is 0 Å². The second kappa shape index (κ2) is 12.2. The minimum absolute atomic E-state index is 0.258. The van der Waals surface area contributed by atoms with E-state index in [0.717, 1.165) is 80.1 Å². The fourth-order valence-corrected chi connectivity index (χ4v) is 5.38. The van der Waals surface area contributed by atoms with E-state index in [0.29, 0.717) is 31.8 Å². The number of halogens is 1. The van der Waals surface area contributed by atoms with Crippen molar-refractivity contribution in [3.05, 3.63) is 60.7 Å². The van der Waals surface area contributed by atoms with Crippen molar-refractivity contribution in [3.8, 4) is 16.9 Å². The molecule has 1 atom stereocenters. The topological polar surface area (TPSA) is 35.9 Å². The van der Waals surface area contributed by atoms with Crippen LogP contribution in [0, 0.1) is 5.92 Å². The number of rotatable bonds is 10. The summed E-state index contributed by atoms with van der Waals surface area (Å²) in [5.41, 5.74) is 3.35. The molecule has 0 aliphatic carbocycles. The van der Waals surface area contributed by atoms with Crippen LogP contribution in [0.2, 0.25) is 0 Å². The smallest absolute Gasteiger partial charge is 0.123 e. The Bertz CT molecular complexity index is 963. The molecule has 0 saturated carbocycles. The molecule has 196 valence electrons. The van der Waals surface area contributed by atoms with Gasteiger partial charge in [0.05, 0.1) is 12.7 Å². The molecule has 1 unspecified atom stereocenters. The van der Waals surface area contributed by atoms with E-state index in [1.165, 1.54) is 0 Å². The van der Waals surface area contributed by atoms with Gasteiger partial charge in [0.1, 0.15) is 11.4 Å². The minimum atomic E-state index is -1.05. The second-order valence-corrected chi connectivity index (χ2v) is 10.7. The Morgan fingerprint density at radius 1 is 0.972 bits per heavy atom. The van der Waals surface area contributed by atoms with Gasteiger partial charge in [-0.2, -0.15) is 0 Å². The van der Waals surface area contributed by atoms with E-state index in [2.05, 4.69) is 52.8 Å². The van der Waals surface area contributed by atoms with Gasteiger partial charge in [0.25, 0.3) is 0 Å². The molecule has 0 aromatic heterocycles. The number of likely N-dealkylation sites (tertiary alicyclic amines) is 2. The molecule has 5 heteroatoms. The van der Waals surface area contributed by atoms with Crippen LogP contribution in [0.25, 0.3) is 16.8 Å². The maximum atomic E-state index is 14.7. The lowest BCUT2D eigenvalue weighted by molar-refractivity contribution is 0.0568. The second-order valence-electron chi connectivity index (χ2n) is 10.7. The zero-order valence-corrected chi connectivity index (χ0v) is 22.1. The van der Waals surface area contributed by atoms with Gasteiger partial charge in [-0.3, -0.25) is 0 Å². The predicted octanol–water partition coefficient (Wildman–Crippen LogP) is 6.40. The maximum Gasteiger partial charge on any atom is 0.123 e. The zero-order valence-electron chi connectivity index (χ0n) is 22.1. The van der Waals surface area contributed by atoms with Crippen LogP contribution in [0.5, 0.6) is 5.75 Å². The number of alkyl halides is 1. The molecule has 0 radical (unpaired) electrons. The summed E-state index contributed by atoms with van der Waals surface area (Å²) < 4.78 is 20.8. The predicted molar refractivity (Wildman–Crippen MR) is 147 cm³/mol. The van der Waals surface area contributed by atoms with Crippen LogP contribution >= 0.6 is 0 Å². The van der Waals surface area contributed by atoms with Gasteiger partial charge in [0.15, 0.2) is 0 Å². The lowest BCUT2D eigenvalue weighted by Crippen LogP contribution is -2.44. The van der Waals surface area contributed by atoms with Gasteiger partial charge in [-0.1, -0.05) is 56.8 Å². The Morgan fingerprint density at radius 2 is 1.58 bits per heavy atom. The summed E-state index contributed by atoms with van der Waals surface area (Å²) in [6.07, 6.45) is 4.93. The van der Waals surface area contributed by atoms with Crippen molar-refractivity contribution >= 4 is 5.70 Å². The summed E-state index contributed by atoms with van der Waals surface area (Å²) in [6.45, 7) is 13.0. The Kier molecular flexibility index (Phi) is 9.08. The number of ether oxygens (including phenoxy) is 1. The summed E-state index contributed by atoms with van der Waals surface area (Å²) in [5, 5.41) is 9.96. The molecule has 0 amide bonds. The first-order chi connectivity index (χ1) is 17.4. The molecule has 2 heterocycles. The van der Waals surface area contributed by atoms with Crippen molar-refractivity contribution in [2.45, 2.75) is 64.1 Å². The minimum Gasteiger partial charge on any atom is -0.493 e. The van der Waals surface area contributed by atoms with Crippen LogP contribution < -0.4 is 4.74 Å². The Labute approximate surface area is 216 Å². The molecule has 0 spiro atoms. The average Bonchev–Trinajstić information content (AvgIpc) is 2.92. The first kappa shape index (κ1) is 26.7. The Hall–Kier alpha value is -2.37. The van der Waals surface area contributed by atoms with Crippen molar-refractivity contribution in [2.75, 3.05) is 39.3 Å². The average molecular weight is 495 g/mol. The van der Waals surface area contributed by atoms with E-state index in [1.54, 1.807) is 0 Å². The Balaban J connectivity index is 1.24. The number of aliphatic hydroxyl groups excluding tert-OH is 1. The van der Waals surface area contributed by atoms with Crippen LogP contribution in [0.1, 0.15) is 57.9 Å². The molecule has 36 heavy (non-hydrogen) atoms. The van der Waals surface area contributed by atoms with Crippen molar-refractivity contribution in [1.82, 2.24) is 9.80 Å². The molecule has 4 nitrogen and oxygen atoms in total. The van der Waals surface area contributed by atoms with Gasteiger partial charge in [0, 0.05) is 25.3 Å². The first-order valence-electron chi connectivity index (χ1n) is 13.8. The van der Waals surface area contributed by atoms with Crippen LogP contribution in [0.3, 0.4) is 0 Å². The zero-order chi connectivity index (χ0) is 25.5. The van der Waals surface area contributed by atoms with E-state index < -0.39 is 5.67 Å². The largest absolute Gasteiger partial charge is 0.493 e. The lowest BCUT2D eigenvalue weighted by atomic mass is 9.94. The highest BCUT2D eigenvalue weighted by Crippen LogP contribution is 2.28. The van der Waals surface area contributed by atoms with Gasteiger partial charge in [0.2, 0.25) is 0 Å². The molecule has 0 bridgehead atoms. The van der Waals surface area contributed by atoms with Crippen LogP contribution in [0.15, 0.2) is 55.1 Å². The molecule has 2 aliphatic rings. The highest BCUT2D eigenvalue weighted by molar-refractivity contribution is 5.69. The maximum absolute atomic E-state index is 14.7. The van der Waals surface area contributed by atoms with Crippen LogP contribution in [0.4, 0.5) is 4.39 Å². The number of hydrogen-bond donors (Lipinski definition) is 1. The van der Waals surface area contributed by atoms with Crippen molar-refractivity contribution < 1.29 is 14.2 Å². The SMILES string of the molecule is C=C(c1ccc(-c2ccc(OCC3CCN(CC(F)(CC)CC)CC3)cc2)cc1)N1CCCC(O)C1. The number of aliphatic hydroxyl groups is 1. The lowest BCUT2D eigenvalue weighted by Gasteiger charge is -2.36. The van der Waals surface area contributed by atoms with Gasteiger partial charge < -0.3 is 19.6 Å². The number of β-amino-alcohol motifs (C(OH)–C–C–N with tert-alkyl or cyclic N) is 1. The third kappa shape index (κ3) is 6.89. The van der Waals surface area contributed by atoms with E-state index in [4.69, 9.17) is 4.74 Å². The molecular formula is C31H43FN2O2. The highest BCUT2D eigenvalue weighted by atomic mass is 19.1. The summed E-state index contributed by atoms with van der Waals surface area (Å²) in [6, 6.07) is 16.8. The highest BCUT2D eigenvalue weighted by Gasteiger charge is 2.30. The van der Waals surface area contributed by atoms with Crippen LogP contribution in [-0.2, 0) is 0 Å². The fraction of sp³-hybridized carbons (Fsp3) is 0.548. The molecule has 2 aliphatic heterocycles. The van der Waals surface area contributed by atoms with Gasteiger partial charge in [-0.25, -0.2) is 4.39 Å². The standard InChI is InChI=1S/C31H43FN2O2/c1-4-31(32,5-2)23-33-19-16-25(17-20-33)22-36-30-14-12-28(13-15-30)27-10-8-26(9-11-27)24(3)34-18-6-7-29(35)21-34/h8-15,25,29,35H,3-7,16-23H2,1-2H3. The van der Waals surface area contributed by atoms with E-state index in [-0.39, 0.29) is 6.10 Å². The molecular weight excluding hydrogens is 451 g/mol. The van der Waals surface area contributed by atoms with Gasteiger partial charge in [-0.15, -0.1) is 0 Å². The van der Waals surface area contributed by atoms with Crippen LogP contribution in [-0.4, -0.2) is 66.0 Å². The van der Waals surface area contributed by atoms with Crippen molar-refractivity contribution in [2.24, 2.45) is 5.92 Å². The number of hydrogen-bond acceptors (Lipinski definition) is 4. The summed E-state index contributed by atoms with van der Waals surface area (Å²) in [7, 11) is 0. The molecule has 4 rings (SSSR count). The monoisotopic (exact) mass is 494 g/mol. The molecule has 2 saturated heterocycles. The summed E-state index contributed by atoms with van der Waals surface area (Å²) in [4.78, 5) is 4.47. The molecule has 2 fully saturated rings. The van der Waals surface area contributed by atoms with Crippen molar-refractivity contribution in [3.63, 3.8) is 0 Å². The molecule has 1 N–H and O–H groups in total. The first-order valence-corrected chi connectivity index (χ1v) is 13.8. The Morgan fingerprint density at radius 3 is 2.17 bits per heavy atom. The van der Waals surface area contributed by atoms with Gasteiger partial charge >= 0.3 is 0 Å². The normalized spacial score (nSPS) is 19.9. The van der Waals surface area contributed by atoms with E-state index in [9.17, 15) is 9.50 Å². The summed E-state index contributed by atoms with van der Waals surface area (Å²) >= 11 is 0. The molecule has 2 aromatic rings. The number of nitrogens with zero attached hydrogens (tertiary/aromatic N) is 2. The summed E-state index contributed by atoms with van der Waals surface area (Å²) in [5.74, 6) is 1.43. The van der Waals surface area contributed by atoms with Gasteiger partial charge in [-0.05, 0) is 86.4 Å². The third-order valence-corrected chi connectivity index (χ3v) is 8.15. The fourth-order valence-electron chi connectivity index (χ4n) is 5.38. The van der Waals surface area contributed by atoms with Crippen molar-refractivity contribution in [1.29, 1.82) is 0 Å². The third-order valence-electron chi connectivity index (χ3n) is 8.15. The number of benzene rings is 2. The molecule has 2 aromatic carbocycles. The number of piperidine rings is 2. The van der Waals surface area contributed by atoms with E-state index in [1.807, 2.05) is 26.0 Å². The quantitative estimate of drug-likeness (QED) is 0.415.